The molecule has 0 saturated carbocycles. The zero-order chi connectivity index (χ0) is 5.11. The first-order valence-electron chi connectivity index (χ1n) is 2.52. The van der Waals surface area contributed by atoms with Gasteiger partial charge in [0, 0.05) is 19.6 Å². The maximum absolute atomic E-state index is 8.74. The summed E-state index contributed by atoms with van der Waals surface area (Å²) in [7, 11) is 0. The zero-order valence-corrected chi connectivity index (χ0v) is 4.15. The fraction of sp³-hybridized carbons (Fsp3) is 1.00. The van der Waals surface area contributed by atoms with Gasteiger partial charge in [0.15, 0.2) is 0 Å². The third-order valence-corrected chi connectivity index (χ3v) is 1.02. The Labute approximate surface area is 42.7 Å². The summed E-state index contributed by atoms with van der Waals surface area (Å²) in [6.45, 7) is 2.53. The lowest BCUT2D eigenvalue weighted by Crippen LogP contribution is -2.47. The van der Waals surface area contributed by atoms with Crippen molar-refractivity contribution in [3.63, 3.8) is 0 Å². The summed E-state index contributed by atoms with van der Waals surface area (Å²) in [5.41, 5.74) is 0. The monoisotopic (exact) mass is 102 g/mol. The maximum atomic E-state index is 8.74. The molecule has 0 aromatic carbocycles. The lowest BCUT2D eigenvalue weighted by atomic mass is 10.4. The SMILES string of the molecule is O[C@H]1CNCCN1. The minimum absolute atomic E-state index is 0.325. The Morgan fingerprint density at radius 2 is 2.29 bits per heavy atom. The molecule has 1 saturated heterocycles. The molecule has 3 N–H and O–H groups in total. The first-order valence-corrected chi connectivity index (χ1v) is 2.52. The van der Waals surface area contributed by atoms with Crippen LogP contribution >= 0.6 is 0 Å². The summed E-state index contributed by atoms with van der Waals surface area (Å²) in [4.78, 5) is 0. The Bertz CT molecular complexity index is 51.7. The minimum Gasteiger partial charge on any atom is -0.377 e. The van der Waals surface area contributed by atoms with Gasteiger partial charge in [-0.05, 0) is 0 Å². The van der Waals surface area contributed by atoms with Gasteiger partial charge in [-0.25, -0.2) is 0 Å². The summed E-state index contributed by atoms with van der Waals surface area (Å²) < 4.78 is 0. The summed E-state index contributed by atoms with van der Waals surface area (Å²) in [6, 6.07) is 0. The van der Waals surface area contributed by atoms with Gasteiger partial charge < -0.3 is 10.4 Å². The van der Waals surface area contributed by atoms with E-state index in [1.165, 1.54) is 0 Å². The molecule has 1 atom stereocenters. The van der Waals surface area contributed by atoms with E-state index in [0.717, 1.165) is 13.1 Å². The number of β-amino-alcohol motifs (C(OH)–C–C–N with tert-alkyl or cyclic N) is 1. The Hall–Kier alpha value is -0.120. The van der Waals surface area contributed by atoms with Crippen LogP contribution in [0.3, 0.4) is 0 Å². The molecule has 0 spiro atoms. The van der Waals surface area contributed by atoms with Crippen molar-refractivity contribution < 1.29 is 5.11 Å². The van der Waals surface area contributed by atoms with E-state index < -0.39 is 0 Å². The molecule has 1 aliphatic rings. The molecule has 0 amide bonds. The zero-order valence-electron chi connectivity index (χ0n) is 4.15. The van der Waals surface area contributed by atoms with Crippen molar-refractivity contribution >= 4 is 0 Å². The second-order valence-corrected chi connectivity index (χ2v) is 1.67. The number of piperazine rings is 1. The first-order chi connectivity index (χ1) is 3.39. The van der Waals surface area contributed by atoms with Crippen molar-refractivity contribution in [3.8, 4) is 0 Å². The molecule has 1 heterocycles. The first kappa shape index (κ1) is 5.03. The standard InChI is InChI=1S/C4H10N2O/c7-4-3-5-1-2-6-4/h4-7H,1-3H2/t4-/m0/s1. The van der Waals surface area contributed by atoms with Gasteiger partial charge >= 0.3 is 0 Å². The molecule has 3 nitrogen and oxygen atoms in total. The van der Waals surface area contributed by atoms with E-state index in [0.29, 0.717) is 6.54 Å². The van der Waals surface area contributed by atoms with Gasteiger partial charge in [0.1, 0.15) is 6.23 Å². The van der Waals surface area contributed by atoms with Crippen molar-refractivity contribution in [2.75, 3.05) is 19.6 Å². The Morgan fingerprint density at radius 1 is 1.43 bits per heavy atom. The molecule has 0 aromatic heterocycles. The highest BCUT2D eigenvalue weighted by Crippen LogP contribution is 1.77. The Balaban J connectivity index is 2.12. The molecule has 0 aliphatic carbocycles. The van der Waals surface area contributed by atoms with Gasteiger partial charge in [-0.2, -0.15) is 0 Å². The predicted octanol–water partition coefficient (Wildman–Crippen LogP) is -1.50. The van der Waals surface area contributed by atoms with E-state index in [9.17, 15) is 0 Å². The molecule has 0 aromatic rings. The van der Waals surface area contributed by atoms with Gasteiger partial charge in [-0.15, -0.1) is 0 Å². The lowest BCUT2D eigenvalue weighted by molar-refractivity contribution is 0.120. The maximum Gasteiger partial charge on any atom is 0.117 e. The van der Waals surface area contributed by atoms with Crippen molar-refractivity contribution in [2.24, 2.45) is 0 Å². The molecule has 0 bridgehead atoms. The number of aliphatic hydroxyl groups excluding tert-OH is 1. The molecule has 7 heavy (non-hydrogen) atoms. The van der Waals surface area contributed by atoms with Crippen LogP contribution in [0.4, 0.5) is 0 Å². The Morgan fingerprint density at radius 3 is 2.57 bits per heavy atom. The quantitative estimate of drug-likeness (QED) is 0.349. The molecule has 1 fully saturated rings. The van der Waals surface area contributed by atoms with E-state index in [4.69, 9.17) is 5.11 Å². The van der Waals surface area contributed by atoms with Gasteiger partial charge in [-0.3, -0.25) is 5.32 Å². The van der Waals surface area contributed by atoms with E-state index in [2.05, 4.69) is 10.6 Å². The number of aliphatic hydroxyl groups is 1. The highest BCUT2D eigenvalue weighted by molar-refractivity contribution is 4.64. The highest BCUT2D eigenvalue weighted by atomic mass is 16.3. The number of nitrogens with one attached hydrogen (secondary N) is 2. The molecular weight excluding hydrogens is 92.1 g/mol. The Kier molecular flexibility index (Phi) is 1.62. The summed E-state index contributed by atoms with van der Waals surface area (Å²) in [6.07, 6.45) is -0.325. The molecular formula is C4H10N2O. The molecule has 3 heteroatoms. The average molecular weight is 102 g/mol. The summed E-state index contributed by atoms with van der Waals surface area (Å²) in [5, 5.41) is 14.6. The van der Waals surface area contributed by atoms with Crippen LogP contribution in [0.2, 0.25) is 0 Å². The van der Waals surface area contributed by atoms with Gasteiger partial charge in [0.05, 0.1) is 0 Å². The van der Waals surface area contributed by atoms with Crippen LogP contribution in [0.5, 0.6) is 0 Å². The number of rotatable bonds is 0. The minimum atomic E-state index is -0.325. The largest absolute Gasteiger partial charge is 0.377 e. The lowest BCUT2D eigenvalue weighted by Gasteiger charge is -2.18. The molecule has 42 valence electrons. The summed E-state index contributed by atoms with van der Waals surface area (Å²) >= 11 is 0. The van der Waals surface area contributed by atoms with Gasteiger partial charge in [0.2, 0.25) is 0 Å². The van der Waals surface area contributed by atoms with Crippen molar-refractivity contribution in [1.82, 2.24) is 10.6 Å². The highest BCUT2D eigenvalue weighted by Gasteiger charge is 2.04. The predicted molar refractivity (Wildman–Crippen MR) is 26.9 cm³/mol. The van der Waals surface area contributed by atoms with Crippen molar-refractivity contribution in [2.45, 2.75) is 6.23 Å². The van der Waals surface area contributed by atoms with Gasteiger partial charge in [0.25, 0.3) is 0 Å². The number of hydrogen-bond acceptors (Lipinski definition) is 3. The van der Waals surface area contributed by atoms with Crippen LogP contribution in [-0.4, -0.2) is 31.0 Å². The van der Waals surface area contributed by atoms with Crippen LogP contribution < -0.4 is 10.6 Å². The molecule has 1 aliphatic heterocycles. The third kappa shape index (κ3) is 1.43. The van der Waals surface area contributed by atoms with Crippen LogP contribution in [0, 0.1) is 0 Å². The molecule has 1 rings (SSSR count). The van der Waals surface area contributed by atoms with Crippen LogP contribution in [0.15, 0.2) is 0 Å². The molecule has 0 radical (unpaired) electrons. The topological polar surface area (TPSA) is 44.3 Å². The van der Waals surface area contributed by atoms with E-state index in [1.807, 2.05) is 0 Å². The molecule has 0 unspecified atom stereocenters. The van der Waals surface area contributed by atoms with E-state index in [-0.39, 0.29) is 6.23 Å². The second-order valence-electron chi connectivity index (χ2n) is 1.67. The second kappa shape index (κ2) is 2.26. The fourth-order valence-electron chi connectivity index (χ4n) is 0.638. The fourth-order valence-corrected chi connectivity index (χ4v) is 0.638. The smallest absolute Gasteiger partial charge is 0.117 e. The van der Waals surface area contributed by atoms with E-state index in [1.54, 1.807) is 0 Å². The third-order valence-electron chi connectivity index (χ3n) is 1.02. The number of hydrogen-bond donors (Lipinski definition) is 3. The van der Waals surface area contributed by atoms with E-state index >= 15 is 0 Å². The normalized spacial score (nSPS) is 33.0. The van der Waals surface area contributed by atoms with Crippen molar-refractivity contribution in [1.29, 1.82) is 0 Å². The van der Waals surface area contributed by atoms with Crippen molar-refractivity contribution in [3.05, 3.63) is 0 Å². The van der Waals surface area contributed by atoms with Crippen LogP contribution in [0.25, 0.3) is 0 Å². The van der Waals surface area contributed by atoms with Gasteiger partial charge in [-0.1, -0.05) is 0 Å². The van der Waals surface area contributed by atoms with Crippen LogP contribution in [-0.2, 0) is 0 Å². The summed E-state index contributed by atoms with van der Waals surface area (Å²) in [5.74, 6) is 0. The average Bonchev–Trinajstić information content (AvgIpc) is 1.69. The van der Waals surface area contributed by atoms with Crippen LogP contribution in [0.1, 0.15) is 0 Å².